The van der Waals surface area contributed by atoms with E-state index in [0.29, 0.717) is 24.5 Å². The normalized spacial score (nSPS) is 10.9. The first kappa shape index (κ1) is 17.0. The van der Waals surface area contributed by atoms with Gasteiger partial charge in [-0.15, -0.1) is 0 Å². The van der Waals surface area contributed by atoms with Crippen molar-refractivity contribution in [2.45, 2.75) is 27.3 Å². The molecule has 25 heavy (non-hydrogen) atoms. The van der Waals surface area contributed by atoms with E-state index in [1.807, 2.05) is 43.5 Å². The van der Waals surface area contributed by atoms with Crippen LogP contribution < -0.4 is 10.1 Å². The Labute approximate surface area is 146 Å². The summed E-state index contributed by atoms with van der Waals surface area (Å²) >= 11 is 0. The Kier molecular flexibility index (Phi) is 4.74. The molecule has 4 nitrogen and oxygen atoms in total. The molecule has 1 N–H and O–H groups in total. The zero-order chi connectivity index (χ0) is 18.0. The number of hydrogen-bond acceptors (Lipinski definition) is 2. The van der Waals surface area contributed by atoms with Crippen molar-refractivity contribution < 1.29 is 13.9 Å². The molecule has 0 spiro atoms. The molecule has 5 heteroatoms. The van der Waals surface area contributed by atoms with Crippen LogP contribution in [0.4, 0.5) is 10.1 Å². The molecule has 0 fully saturated rings. The fourth-order valence-corrected chi connectivity index (χ4v) is 3.14. The van der Waals surface area contributed by atoms with Gasteiger partial charge in [0, 0.05) is 23.1 Å². The number of rotatable bonds is 5. The first-order chi connectivity index (χ1) is 12.0. The van der Waals surface area contributed by atoms with Crippen LogP contribution in [0.1, 0.15) is 29.9 Å². The molecule has 3 rings (SSSR count). The van der Waals surface area contributed by atoms with Crippen molar-refractivity contribution in [2.75, 3.05) is 11.9 Å². The summed E-state index contributed by atoms with van der Waals surface area (Å²) in [5.41, 5.74) is 2.88. The first-order valence-corrected chi connectivity index (χ1v) is 8.37. The molecule has 0 radical (unpaired) electrons. The topological polar surface area (TPSA) is 43.3 Å². The Morgan fingerprint density at radius 2 is 2.00 bits per heavy atom. The number of nitrogens with one attached hydrogen (secondary N) is 1. The number of benzene rings is 2. The molecule has 0 atom stereocenters. The Morgan fingerprint density at radius 1 is 1.20 bits per heavy atom. The quantitative estimate of drug-likeness (QED) is 0.728. The number of halogens is 1. The van der Waals surface area contributed by atoms with Gasteiger partial charge in [0.1, 0.15) is 17.3 Å². The zero-order valence-electron chi connectivity index (χ0n) is 14.6. The zero-order valence-corrected chi connectivity index (χ0v) is 14.6. The predicted molar refractivity (Wildman–Crippen MR) is 97.9 cm³/mol. The van der Waals surface area contributed by atoms with Crippen LogP contribution in [0.3, 0.4) is 0 Å². The summed E-state index contributed by atoms with van der Waals surface area (Å²) in [4.78, 5) is 12.8. The monoisotopic (exact) mass is 340 g/mol. The molecule has 3 aromatic rings. The number of amides is 1. The number of carbonyl (C=O) groups excluding carboxylic acids is 1. The van der Waals surface area contributed by atoms with Gasteiger partial charge < -0.3 is 14.6 Å². The van der Waals surface area contributed by atoms with Crippen LogP contribution in [0, 0.1) is 12.7 Å². The van der Waals surface area contributed by atoms with E-state index in [0.717, 1.165) is 22.2 Å². The van der Waals surface area contributed by atoms with Gasteiger partial charge in [-0.25, -0.2) is 4.39 Å². The first-order valence-electron chi connectivity index (χ1n) is 8.37. The van der Waals surface area contributed by atoms with E-state index in [9.17, 15) is 9.18 Å². The minimum absolute atomic E-state index is 0.251. The van der Waals surface area contributed by atoms with E-state index in [1.165, 1.54) is 12.1 Å². The Bertz CT molecular complexity index is 931. The number of aryl methyl sites for hydroxylation is 2. The predicted octanol–water partition coefficient (Wildman–Crippen LogP) is 4.76. The van der Waals surface area contributed by atoms with Gasteiger partial charge in [0.05, 0.1) is 6.61 Å². The second-order valence-corrected chi connectivity index (χ2v) is 5.79. The van der Waals surface area contributed by atoms with Gasteiger partial charge in [0.15, 0.2) is 0 Å². The highest BCUT2D eigenvalue weighted by atomic mass is 19.1. The SMILES string of the molecule is CCOc1ccc2c(c1)c(C)c(C(=O)Nc1cccc(F)c1)n2CC. The molecule has 1 aromatic heterocycles. The standard InChI is InChI=1S/C20H21FN2O2/c1-4-23-18-10-9-16(25-5-2)12-17(18)13(3)19(23)20(24)22-15-8-6-7-14(21)11-15/h6-12H,4-5H2,1-3H3,(H,22,24). The number of fused-ring (bicyclic) bond motifs is 1. The summed E-state index contributed by atoms with van der Waals surface area (Å²) in [6.45, 7) is 7.10. The number of hydrogen-bond donors (Lipinski definition) is 1. The Balaban J connectivity index is 2.05. The average Bonchev–Trinajstić information content (AvgIpc) is 2.87. The highest BCUT2D eigenvalue weighted by Gasteiger charge is 2.20. The number of ether oxygens (including phenoxy) is 1. The maximum atomic E-state index is 13.4. The van der Waals surface area contributed by atoms with Crippen LogP contribution in [0.5, 0.6) is 5.75 Å². The summed E-state index contributed by atoms with van der Waals surface area (Å²) in [7, 11) is 0. The summed E-state index contributed by atoms with van der Waals surface area (Å²) in [5.74, 6) is 0.148. The van der Waals surface area contributed by atoms with Gasteiger partial charge in [-0.05, 0) is 62.7 Å². The molecule has 2 aromatic carbocycles. The van der Waals surface area contributed by atoms with Gasteiger partial charge >= 0.3 is 0 Å². The van der Waals surface area contributed by atoms with Crippen molar-refractivity contribution in [3.8, 4) is 5.75 Å². The number of aromatic nitrogens is 1. The molecule has 0 bridgehead atoms. The van der Waals surface area contributed by atoms with E-state index in [-0.39, 0.29) is 11.7 Å². The molecule has 0 saturated heterocycles. The number of nitrogens with zero attached hydrogens (tertiary/aromatic N) is 1. The third kappa shape index (κ3) is 3.22. The van der Waals surface area contributed by atoms with Gasteiger partial charge in [-0.2, -0.15) is 0 Å². The molecule has 0 aliphatic rings. The Hall–Kier alpha value is -2.82. The molecule has 1 amide bonds. The van der Waals surface area contributed by atoms with Crippen LogP contribution in [-0.2, 0) is 6.54 Å². The van der Waals surface area contributed by atoms with E-state index in [4.69, 9.17) is 4.74 Å². The minimum atomic E-state index is -0.382. The molecule has 1 heterocycles. The average molecular weight is 340 g/mol. The van der Waals surface area contributed by atoms with Crippen LogP contribution >= 0.6 is 0 Å². The van der Waals surface area contributed by atoms with Crippen LogP contribution in [0.25, 0.3) is 10.9 Å². The lowest BCUT2D eigenvalue weighted by Gasteiger charge is -2.10. The van der Waals surface area contributed by atoms with Crippen molar-refractivity contribution >= 4 is 22.5 Å². The second kappa shape index (κ2) is 6.97. The molecule has 130 valence electrons. The lowest BCUT2D eigenvalue weighted by atomic mass is 10.1. The maximum Gasteiger partial charge on any atom is 0.272 e. The molecule has 0 aliphatic carbocycles. The van der Waals surface area contributed by atoms with Crippen molar-refractivity contribution in [3.63, 3.8) is 0 Å². The summed E-state index contributed by atoms with van der Waals surface area (Å²) in [6.07, 6.45) is 0. The summed E-state index contributed by atoms with van der Waals surface area (Å²) < 4.78 is 20.9. The van der Waals surface area contributed by atoms with Crippen molar-refractivity contribution in [3.05, 3.63) is 59.5 Å². The third-order valence-electron chi connectivity index (χ3n) is 4.21. The van der Waals surface area contributed by atoms with Crippen molar-refractivity contribution in [1.29, 1.82) is 0 Å². The Morgan fingerprint density at radius 3 is 2.68 bits per heavy atom. The maximum absolute atomic E-state index is 13.4. The fourth-order valence-electron chi connectivity index (χ4n) is 3.14. The van der Waals surface area contributed by atoms with Gasteiger partial charge in [-0.3, -0.25) is 4.79 Å². The van der Waals surface area contributed by atoms with E-state index >= 15 is 0 Å². The van der Waals surface area contributed by atoms with E-state index in [2.05, 4.69) is 5.32 Å². The number of anilines is 1. The van der Waals surface area contributed by atoms with Crippen molar-refractivity contribution in [2.24, 2.45) is 0 Å². The second-order valence-electron chi connectivity index (χ2n) is 5.79. The van der Waals surface area contributed by atoms with Gasteiger partial charge in [-0.1, -0.05) is 6.07 Å². The van der Waals surface area contributed by atoms with Crippen molar-refractivity contribution in [1.82, 2.24) is 4.57 Å². The highest BCUT2D eigenvalue weighted by Crippen LogP contribution is 2.30. The molecule has 0 unspecified atom stereocenters. The number of carbonyl (C=O) groups is 1. The largest absolute Gasteiger partial charge is 0.494 e. The summed E-state index contributed by atoms with van der Waals surface area (Å²) in [6, 6.07) is 11.7. The minimum Gasteiger partial charge on any atom is -0.494 e. The van der Waals surface area contributed by atoms with Crippen LogP contribution in [0.15, 0.2) is 42.5 Å². The van der Waals surface area contributed by atoms with Crippen LogP contribution in [0.2, 0.25) is 0 Å². The molecular formula is C20H21FN2O2. The van der Waals surface area contributed by atoms with E-state index < -0.39 is 0 Å². The molecule has 0 aliphatic heterocycles. The van der Waals surface area contributed by atoms with Gasteiger partial charge in [0.2, 0.25) is 0 Å². The molecular weight excluding hydrogens is 319 g/mol. The third-order valence-corrected chi connectivity index (χ3v) is 4.21. The van der Waals surface area contributed by atoms with Gasteiger partial charge in [0.25, 0.3) is 5.91 Å². The smallest absolute Gasteiger partial charge is 0.272 e. The summed E-state index contributed by atoms with van der Waals surface area (Å²) in [5, 5.41) is 3.77. The highest BCUT2D eigenvalue weighted by molar-refractivity contribution is 6.08. The molecule has 0 saturated carbocycles. The fraction of sp³-hybridized carbons (Fsp3) is 0.250. The lowest BCUT2D eigenvalue weighted by Crippen LogP contribution is -2.17. The van der Waals surface area contributed by atoms with Crippen LogP contribution in [-0.4, -0.2) is 17.1 Å². The van der Waals surface area contributed by atoms with E-state index in [1.54, 1.807) is 12.1 Å². The lowest BCUT2D eigenvalue weighted by molar-refractivity contribution is 0.101.